The van der Waals surface area contributed by atoms with E-state index in [4.69, 9.17) is 4.74 Å². The van der Waals surface area contributed by atoms with Crippen LogP contribution < -0.4 is 5.32 Å². The average molecular weight is 364 g/mol. The predicted octanol–water partition coefficient (Wildman–Crippen LogP) is 3.26. The molecular formula is C12H16Br2N2O. The second-order valence-electron chi connectivity index (χ2n) is 4.62. The highest BCUT2D eigenvalue weighted by Crippen LogP contribution is 2.26. The third-order valence-electron chi connectivity index (χ3n) is 3.43. The number of nitrogens with one attached hydrogen (secondary N) is 1. The number of hydrogen-bond acceptors (Lipinski definition) is 3. The van der Waals surface area contributed by atoms with Crippen LogP contribution in [0, 0.1) is 0 Å². The number of aromatic nitrogens is 1. The van der Waals surface area contributed by atoms with Crippen molar-refractivity contribution in [3.05, 3.63) is 26.9 Å². The second-order valence-corrected chi connectivity index (χ2v) is 6.39. The summed E-state index contributed by atoms with van der Waals surface area (Å²) in [5, 5.41) is 3.55. The third-order valence-corrected chi connectivity index (χ3v) is 4.55. The number of nitrogens with zero attached hydrogens (tertiary/aromatic N) is 1. The van der Waals surface area contributed by atoms with Crippen molar-refractivity contribution in [3.8, 4) is 0 Å². The first-order valence-corrected chi connectivity index (χ1v) is 7.26. The van der Waals surface area contributed by atoms with Crippen molar-refractivity contribution in [3.63, 3.8) is 0 Å². The molecule has 2 rings (SSSR count). The molecule has 0 spiro atoms. The third kappa shape index (κ3) is 3.08. The molecule has 2 atom stereocenters. The number of ether oxygens (including phenoxy) is 1. The molecule has 1 N–H and O–H groups in total. The summed E-state index contributed by atoms with van der Waals surface area (Å²) in [6.07, 6.45) is 3.11. The van der Waals surface area contributed by atoms with E-state index in [2.05, 4.69) is 56.0 Å². The number of halogens is 2. The van der Waals surface area contributed by atoms with Crippen molar-refractivity contribution in [2.75, 3.05) is 6.61 Å². The highest BCUT2D eigenvalue weighted by molar-refractivity contribution is 9.11. The van der Waals surface area contributed by atoms with Gasteiger partial charge in [-0.3, -0.25) is 4.98 Å². The first kappa shape index (κ1) is 13.5. The molecule has 17 heavy (non-hydrogen) atoms. The van der Waals surface area contributed by atoms with E-state index < -0.39 is 0 Å². The minimum absolute atomic E-state index is 0.0498. The van der Waals surface area contributed by atoms with Crippen LogP contribution >= 0.6 is 31.9 Å². The zero-order chi connectivity index (χ0) is 12.5. The largest absolute Gasteiger partial charge is 0.377 e. The molecule has 1 fully saturated rings. The van der Waals surface area contributed by atoms with E-state index in [-0.39, 0.29) is 11.6 Å². The Morgan fingerprint density at radius 1 is 1.59 bits per heavy atom. The van der Waals surface area contributed by atoms with Crippen molar-refractivity contribution in [1.29, 1.82) is 0 Å². The van der Waals surface area contributed by atoms with Gasteiger partial charge in [0.05, 0.1) is 11.8 Å². The fourth-order valence-electron chi connectivity index (χ4n) is 1.93. The topological polar surface area (TPSA) is 34.1 Å². The van der Waals surface area contributed by atoms with Gasteiger partial charge in [-0.15, -0.1) is 0 Å². The monoisotopic (exact) mass is 362 g/mol. The first-order chi connectivity index (χ1) is 8.01. The van der Waals surface area contributed by atoms with E-state index in [0.717, 1.165) is 34.2 Å². The Bertz CT molecular complexity index is 413. The second kappa shape index (κ2) is 5.34. The first-order valence-electron chi connectivity index (χ1n) is 5.68. The lowest BCUT2D eigenvalue weighted by atomic mass is 9.94. The summed E-state index contributed by atoms with van der Waals surface area (Å²) in [5.74, 6) is 0. The van der Waals surface area contributed by atoms with Gasteiger partial charge in [-0.1, -0.05) is 0 Å². The SMILES string of the molecule is CC1OCCC1(C)NCc1ncc(Br)cc1Br. The van der Waals surface area contributed by atoms with Crippen molar-refractivity contribution in [1.82, 2.24) is 10.3 Å². The molecule has 1 aliphatic rings. The average Bonchev–Trinajstić information content (AvgIpc) is 2.59. The molecule has 2 heterocycles. The van der Waals surface area contributed by atoms with Gasteiger partial charge < -0.3 is 10.1 Å². The summed E-state index contributed by atoms with van der Waals surface area (Å²) >= 11 is 6.93. The Balaban J connectivity index is 2.02. The molecule has 0 aliphatic carbocycles. The van der Waals surface area contributed by atoms with Gasteiger partial charge in [0.25, 0.3) is 0 Å². The van der Waals surface area contributed by atoms with Crippen LogP contribution in [0.25, 0.3) is 0 Å². The summed E-state index contributed by atoms with van der Waals surface area (Å²) < 4.78 is 7.61. The maximum atomic E-state index is 5.60. The van der Waals surface area contributed by atoms with Crippen molar-refractivity contribution < 1.29 is 4.74 Å². The van der Waals surface area contributed by atoms with E-state index >= 15 is 0 Å². The van der Waals surface area contributed by atoms with E-state index in [1.165, 1.54) is 0 Å². The lowest BCUT2D eigenvalue weighted by Crippen LogP contribution is -2.47. The van der Waals surface area contributed by atoms with Gasteiger partial charge in [-0.05, 0) is 58.2 Å². The van der Waals surface area contributed by atoms with Crippen LogP contribution in [0.2, 0.25) is 0 Å². The normalized spacial score (nSPS) is 28.6. The fraction of sp³-hybridized carbons (Fsp3) is 0.583. The Morgan fingerprint density at radius 3 is 2.94 bits per heavy atom. The molecule has 2 unspecified atom stereocenters. The molecule has 5 heteroatoms. The van der Waals surface area contributed by atoms with Gasteiger partial charge >= 0.3 is 0 Å². The van der Waals surface area contributed by atoms with Crippen LogP contribution in [0.3, 0.4) is 0 Å². The molecule has 0 radical (unpaired) electrons. The van der Waals surface area contributed by atoms with E-state index in [0.29, 0.717) is 0 Å². The van der Waals surface area contributed by atoms with Crippen molar-refractivity contribution in [2.45, 2.75) is 38.5 Å². The summed E-state index contributed by atoms with van der Waals surface area (Å²) in [4.78, 5) is 4.40. The summed E-state index contributed by atoms with van der Waals surface area (Å²) in [7, 11) is 0. The van der Waals surface area contributed by atoms with Crippen molar-refractivity contribution in [2.24, 2.45) is 0 Å². The Hall–Kier alpha value is 0.0300. The number of hydrogen-bond donors (Lipinski definition) is 1. The lowest BCUT2D eigenvalue weighted by molar-refractivity contribution is 0.0880. The molecule has 3 nitrogen and oxygen atoms in total. The molecule has 0 aromatic carbocycles. The molecule has 0 saturated carbocycles. The van der Waals surface area contributed by atoms with Crippen LogP contribution in [0.1, 0.15) is 26.0 Å². The van der Waals surface area contributed by atoms with Crippen LogP contribution in [0.5, 0.6) is 0 Å². The van der Waals surface area contributed by atoms with E-state index in [1.54, 1.807) is 0 Å². The van der Waals surface area contributed by atoms with Gasteiger partial charge in [0.1, 0.15) is 0 Å². The Morgan fingerprint density at radius 2 is 2.35 bits per heavy atom. The molecule has 1 saturated heterocycles. The molecule has 0 bridgehead atoms. The highest BCUT2D eigenvalue weighted by atomic mass is 79.9. The van der Waals surface area contributed by atoms with E-state index in [9.17, 15) is 0 Å². The fourth-order valence-corrected chi connectivity index (χ4v) is 3.05. The van der Waals surface area contributed by atoms with Crippen LogP contribution in [-0.2, 0) is 11.3 Å². The van der Waals surface area contributed by atoms with Crippen molar-refractivity contribution >= 4 is 31.9 Å². The molecule has 1 aromatic rings. The smallest absolute Gasteiger partial charge is 0.0726 e. The summed E-state index contributed by atoms with van der Waals surface area (Å²) in [5.41, 5.74) is 1.07. The maximum Gasteiger partial charge on any atom is 0.0726 e. The van der Waals surface area contributed by atoms with E-state index in [1.807, 2.05) is 12.3 Å². The Kier molecular flexibility index (Phi) is 4.23. The van der Waals surface area contributed by atoms with Crippen LogP contribution in [-0.4, -0.2) is 23.2 Å². The van der Waals surface area contributed by atoms with Gasteiger partial charge in [0.15, 0.2) is 0 Å². The zero-order valence-corrected chi connectivity index (χ0v) is 13.1. The standard InChI is InChI=1S/C12H16Br2N2O/c1-8-12(2,3-4-17-8)16-7-11-10(14)5-9(13)6-15-11/h5-6,8,16H,3-4,7H2,1-2H3. The van der Waals surface area contributed by atoms with Gasteiger partial charge in [-0.2, -0.15) is 0 Å². The summed E-state index contributed by atoms with van der Waals surface area (Å²) in [6.45, 7) is 5.90. The van der Waals surface area contributed by atoms with Crippen LogP contribution in [0.15, 0.2) is 21.2 Å². The minimum Gasteiger partial charge on any atom is -0.377 e. The minimum atomic E-state index is 0.0498. The Labute approximate surface area is 119 Å². The highest BCUT2D eigenvalue weighted by Gasteiger charge is 2.36. The number of rotatable bonds is 3. The zero-order valence-electron chi connectivity index (χ0n) is 9.96. The molecule has 94 valence electrons. The molecule has 1 aliphatic heterocycles. The van der Waals surface area contributed by atoms with Gasteiger partial charge in [0, 0.05) is 33.8 Å². The van der Waals surface area contributed by atoms with Crippen LogP contribution in [0.4, 0.5) is 0 Å². The maximum absolute atomic E-state index is 5.60. The predicted molar refractivity (Wildman–Crippen MR) is 74.9 cm³/mol. The quantitative estimate of drug-likeness (QED) is 0.894. The van der Waals surface area contributed by atoms with Gasteiger partial charge in [-0.25, -0.2) is 0 Å². The molecule has 1 aromatic heterocycles. The van der Waals surface area contributed by atoms with Gasteiger partial charge in [0.2, 0.25) is 0 Å². The molecule has 0 amide bonds. The lowest BCUT2D eigenvalue weighted by Gasteiger charge is -2.29. The molecular weight excluding hydrogens is 348 g/mol. The summed E-state index contributed by atoms with van der Waals surface area (Å²) in [6, 6.07) is 2.01. The number of pyridine rings is 1.